The first-order valence-electron chi connectivity index (χ1n) is 5.64. The fraction of sp³-hybridized carbons (Fsp3) is 0.214. The van der Waals surface area contributed by atoms with Gasteiger partial charge in [-0.15, -0.1) is 0 Å². The summed E-state index contributed by atoms with van der Waals surface area (Å²) in [6.07, 6.45) is 1.81. The zero-order valence-electron chi connectivity index (χ0n) is 10.1. The highest BCUT2D eigenvalue weighted by atomic mass is 16.5. The van der Waals surface area contributed by atoms with E-state index < -0.39 is 0 Å². The minimum atomic E-state index is -0.385. The van der Waals surface area contributed by atoms with Crippen molar-refractivity contribution in [1.29, 1.82) is 0 Å². The maximum atomic E-state index is 11.1. The second kappa shape index (κ2) is 5.51. The molecular formula is C14H14O4. The van der Waals surface area contributed by atoms with Gasteiger partial charge < -0.3 is 14.3 Å². The summed E-state index contributed by atoms with van der Waals surface area (Å²) in [6.45, 7) is 2.13. The van der Waals surface area contributed by atoms with Crippen LogP contribution in [0.1, 0.15) is 6.92 Å². The van der Waals surface area contributed by atoms with Gasteiger partial charge in [0.15, 0.2) is 0 Å². The highest BCUT2D eigenvalue weighted by Crippen LogP contribution is 2.19. The van der Waals surface area contributed by atoms with Crippen LogP contribution >= 0.6 is 0 Å². The van der Waals surface area contributed by atoms with Crippen molar-refractivity contribution < 1.29 is 14.3 Å². The van der Waals surface area contributed by atoms with Crippen molar-refractivity contribution in [3.8, 4) is 5.75 Å². The molecule has 2 aromatic rings. The van der Waals surface area contributed by atoms with Crippen LogP contribution in [0.3, 0.4) is 0 Å². The molecule has 0 spiro atoms. The zero-order chi connectivity index (χ0) is 13.0. The number of benzene rings is 1. The molecule has 0 radical (unpaired) electrons. The molecule has 1 aromatic heterocycles. The molecule has 1 aromatic carbocycles. The van der Waals surface area contributed by atoms with Crippen LogP contribution in [0.5, 0.6) is 5.75 Å². The Morgan fingerprint density at radius 1 is 1.39 bits per heavy atom. The lowest BCUT2D eigenvalue weighted by Gasteiger charge is -2.07. The van der Waals surface area contributed by atoms with E-state index in [9.17, 15) is 4.79 Å². The van der Waals surface area contributed by atoms with Crippen molar-refractivity contribution in [2.45, 2.75) is 6.92 Å². The molecule has 0 aliphatic rings. The van der Waals surface area contributed by atoms with Crippen LogP contribution in [0.4, 0.5) is 0 Å². The van der Waals surface area contributed by atoms with Crippen LogP contribution in [-0.2, 0) is 0 Å². The molecule has 0 saturated carbocycles. The number of hydrogen-bond acceptors (Lipinski definition) is 4. The molecule has 4 nitrogen and oxygen atoms in total. The predicted octanol–water partition coefficient (Wildman–Crippen LogP) is 2.11. The molecule has 1 N–H and O–H groups in total. The Labute approximate surface area is 104 Å². The minimum absolute atomic E-state index is 0.0286. The molecule has 0 bridgehead atoms. The van der Waals surface area contributed by atoms with Crippen molar-refractivity contribution in [3.63, 3.8) is 0 Å². The minimum Gasteiger partial charge on any atom is -0.489 e. The second-order valence-electron chi connectivity index (χ2n) is 3.85. The standard InChI is InChI=1S/C14H14O4/c1-2-10(8-15)9-17-12-5-3-11-4-6-14(16)18-13(11)7-12/h2-7,15H,8-9H2,1H3/b10-2-. The van der Waals surface area contributed by atoms with Gasteiger partial charge in [0, 0.05) is 17.5 Å². The Kier molecular flexibility index (Phi) is 3.79. The van der Waals surface area contributed by atoms with Gasteiger partial charge in [-0.1, -0.05) is 6.08 Å². The van der Waals surface area contributed by atoms with Gasteiger partial charge in [-0.2, -0.15) is 0 Å². The Bertz CT molecular complexity index is 625. The first-order valence-corrected chi connectivity index (χ1v) is 5.64. The molecule has 0 aliphatic carbocycles. The van der Waals surface area contributed by atoms with E-state index in [1.165, 1.54) is 6.07 Å². The SMILES string of the molecule is C/C=C(/CO)COc1ccc2ccc(=O)oc2c1. The van der Waals surface area contributed by atoms with Crippen LogP contribution in [0, 0.1) is 0 Å². The highest BCUT2D eigenvalue weighted by Gasteiger charge is 2.01. The first-order chi connectivity index (χ1) is 8.72. The summed E-state index contributed by atoms with van der Waals surface area (Å²) < 4.78 is 10.6. The molecule has 0 atom stereocenters. The molecule has 94 valence electrons. The largest absolute Gasteiger partial charge is 0.489 e. The number of hydrogen-bond donors (Lipinski definition) is 1. The third-order valence-electron chi connectivity index (χ3n) is 2.63. The fourth-order valence-electron chi connectivity index (χ4n) is 1.53. The maximum absolute atomic E-state index is 11.1. The van der Waals surface area contributed by atoms with Gasteiger partial charge >= 0.3 is 5.63 Å². The first kappa shape index (κ1) is 12.4. The summed E-state index contributed by atoms with van der Waals surface area (Å²) in [6, 6.07) is 8.37. The fourth-order valence-corrected chi connectivity index (χ4v) is 1.53. The molecule has 1 heterocycles. The van der Waals surface area contributed by atoms with E-state index >= 15 is 0 Å². The van der Waals surface area contributed by atoms with E-state index in [4.69, 9.17) is 14.3 Å². The summed E-state index contributed by atoms with van der Waals surface area (Å²) in [7, 11) is 0. The number of aliphatic hydroxyl groups excluding tert-OH is 1. The number of aliphatic hydroxyl groups is 1. The van der Waals surface area contributed by atoms with Gasteiger partial charge in [-0.25, -0.2) is 4.79 Å². The van der Waals surface area contributed by atoms with Crippen molar-refractivity contribution in [2.24, 2.45) is 0 Å². The second-order valence-corrected chi connectivity index (χ2v) is 3.85. The van der Waals surface area contributed by atoms with E-state index in [0.29, 0.717) is 17.9 Å². The van der Waals surface area contributed by atoms with Crippen LogP contribution < -0.4 is 10.4 Å². The lowest BCUT2D eigenvalue weighted by molar-refractivity contribution is 0.287. The third-order valence-corrected chi connectivity index (χ3v) is 2.63. The van der Waals surface area contributed by atoms with E-state index in [1.807, 2.05) is 13.0 Å². The smallest absolute Gasteiger partial charge is 0.336 e. The van der Waals surface area contributed by atoms with Crippen LogP contribution in [0.15, 0.2) is 51.2 Å². The van der Waals surface area contributed by atoms with E-state index in [0.717, 1.165) is 11.0 Å². The number of allylic oxidation sites excluding steroid dienone is 1. The van der Waals surface area contributed by atoms with Gasteiger partial charge in [0.1, 0.15) is 17.9 Å². The summed E-state index contributed by atoms with van der Waals surface area (Å²) in [5.74, 6) is 0.602. The molecule has 0 saturated heterocycles. The summed E-state index contributed by atoms with van der Waals surface area (Å²) >= 11 is 0. The molecular weight excluding hydrogens is 232 g/mol. The average molecular weight is 246 g/mol. The van der Waals surface area contributed by atoms with E-state index in [-0.39, 0.29) is 12.2 Å². The zero-order valence-corrected chi connectivity index (χ0v) is 10.1. The summed E-state index contributed by atoms with van der Waals surface area (Å²) in [4.78, 5) is 11.1. The average Bonchev–Trinajstić information content (AvgIpc) is 2.39. The van der Waals surface area contributed by atoms with Gasteiger partial charge in [-0.05, 0) is 30.7 Å². The van der Waals surface area contributed by atoms with Gasteiger partial charge in [0.25, 0.3) is 0 Å². The Balaban J connectivity index is 2.22. The summed E-state index contributed by atoms with van der Waals surface area (Å²) in [5.41, 5.74) is 0.903. The lowest BCUT2D eigenvalue weighted by Crippen LogP contribution is -2.04. The molecule has 4 heteroatoms. The number of rotatable bonds is 4. The lowest BCUT2D eigenvalue weighted by atomic mass is 10.2. The maximum Gasteiger partial charge on any atom is 0.336 e. The topological polar surface area (TPSA) is 59.7 Å². The molecule has 2 rings (SSSR count). The normalized spacial score (nSPS) is 11.8. The van der Waals surface area contributed by atoms with Crippen LogP contribution in [0.25, 0.3) is 11.0 Å². The molecule has 0 fully saturated rings. The molecule has 18 heavy (non-hydrogen) atoms. The highest BCUT2D eigenvalue weighted by molar-refractivity contribution is 5.77. The van der Waals surface area contributed by atoms with Crippen molar-refractivity contribution in [2.75, 3.05) is 13.2 Å². The Morgan fingerprint density at radius 3 is 2.89 bits per heavy atom. The Morgan fingerprint density at radius 2 is 2.17 bits per heavy atom. The van der Waals surface area contributed by atoms with Crippen molar-refractivity contribution in [3.05, 3.63) is 52.4 Å². The molecule has 0 aliphatic heterocycles. The molecule has 0 amide bonds. The van der Waals surface area contributed by atoms with Crippen LogP contribution in [0.2, 0.25) is 0 Å². The number of ether oxygens (including phenoxy) is 1. The van der Waals surface area contributed by atoms with Gasteiger partial charge in [0.05, 0.1) is 6.61 Å². The van der Waals surface area contributed by atoms with E-state index in [2.05, 4.69) is 0 Å². The monoisotopic (exact) mass is 246 g/mol. The predicted molar refractivity (Wildman–Crippen MR) is 68.8 cm³/mol. The van der Waals surface area contributed by atoms with Crippen LogP contribution in [-0.4, -0.2) is 18.3 Å². The van der Waals surface area contributed by atoms with Gasteiger partial charge in [-0.3, -0.25) is 0 Å². The summed E-state index contributed by atoms with van der Waals surface area (Å²) in [5, 5.41) is 9.85. The third kappa shape index (κ3) is 2.78. The quantitative estimate of drug-likeness (QED) is 0.663. The Hall–Kier alpha value is -2.07. The van der Waals surface area contributed by atoms with E-state index in [1.54, 1.807) is 24.3 Å². The number of fused-ring (bicyclic) bond motifs is 1. The molecule has 0 unspecified atom stereocenters. The van der Waals surface area contributed by atoms with Crippen molar-refractivity contribution in [1.82, 2.24) is 0 Å². The van der Waals surface area contributed by atoms with Crippen molar-refractivity contribution >= 4 is 11.0 Å². The van der Waals surface area contributed by atoms with Gasteiger partial charge in [0.2, 0.25) is 0 Å².